The Morgan fingerprint density at radius 2 is 2.16 bits per heavy atom. The molecule has 1 aromatic carbocycles. The second kappa shape index (κ2) is 5.48. The number of aromatic nitrogens is 1. The number of carbonyl (C=O) groups excluding carboxylic acids is 1. The number of benzene rings is 1. The zero-order valence-corrected chi connectivity index (χ0v) is 10.6. The van der Waals surface area contributed by atoms with Crippen LogP contribution >= 0.6 is 0 Å². The van der Waals surface area contributed by atoms with Crippen LogP contribution in [-0.2, 0) is 0 Å². The number of halogens is 1. The first kappa shape index (κ1) is 13.0. The van der Waals surface area contributed by atoms with Gasteiger partial charge >= 0.3 is 0 Å². The summed E-state index contributed by atoms with van der Waals surface area (Å²) in [4.78, 5) is 16.0. The van der Waals surface area contributed by atoms with Crippen LogP contribution in [0.15, 0.2) is 36.5 Å². The molecule has 0 radical (unpaired) electrons. The van der Waals surface area contributed by atoms with Crippen molar-refractivity contribution in [1.29, 1.82) is 0 Å². The predicted molar refractivity (Wildman–Crippen MR) is 69.9 cm³/mol. The van der Waals surface area contributed by atoms with Crippen LogP contribution < -0.4 is 10.1 Å². The van der Waals surface area contributed by atoms with Gasteiger partial charge in [0.05, 0.1) is 7.11 Å². The maximum atomic E-state index is 13.4. The zero-order chi connectivity index (χ0) is 13.8. The quantitative estimate of drug-likeness (QED) is 0.923. The topological polar surface area (TPSA) is 51.2 Å². The van der Waals surface area contributed by atoms with Crippen LogP contribution in [0, 0.1) is 12.7 Å². The third kappa shape index (κ3) is 2.88. The molecule has 2 rings (SSSR count). The van der Waals surface area contributed by atoms with E-state index in [1.54, 1.807) is 31.2 Å². The molecular weight excluding hydrogens is 247 g/mol. The van der Waals surface area contributed by atoms with E-state index in [4.69, 9.17) is 4.74 Å². The van der Waals surface area contributed by atoms with Gasteiger partial charge in [-0.05, 0) is 36.8 Å². The summed E-state index contributed by atoms with van der Waals surface area (Å²) in [6, 6.07) is 7.74. The normalized spacial score (nSPS) is 10.1. The summed E-state index contributed by atoms with van der Waals surface area (Å²) >= 11 is 0. The number of hydrogen-bond acceptors (Lipinski definition) is 3. The first-order chi connectivity index (χ1) is 9.11. The monoisotopic (exact) mass is 260 g/mol. The van der Waals surface area contributed by atoms with E-state index in [1.165, 1.54) is 19.4 Å². The van der Waals surface area contributed by atoms with Crippen molar-refractivity contribution >= 4 is 11.6 Å². The highest BCUT2D eigenvalue weighted by molar-refractivity contribution is 6.05. The fourth-order valence-corrected chi connectivity index (χ4v) is 1.60. The molecule has 1 N–H and O–H groups in total. The molecule has 0 unspecified atom stereocenters. The van der Waals surface area contributed by atoms with Gasteiger partial charge < -0.3 is 10.1 Å². The molecule has 0 fully saturated rings. The number of ether oxygens (including phenoxy) is 1. The first-order valence-corrected chi connectivity index (χ1v) is 5.68. The highest BCUT2D eigenvalue weighted by Gasteiger charge is 2.13. The minimum atomic E-state index is -0.395. The molecule has 0 saturated heterocycles. The van der Waals surface area contributed by atoms with Gasteiger partial charge in [0, 0.05) is 11.9 Å². The lowest BCUT2D eigenvalue weighted by molar-refractivity contribution is 0.102. The van der Waals surface area contributed by atoms with Gasteiger partial charge in [-0.2, -0.15) is 0 Å². The summed E-state index contributed by atoms with van der Waals surface area (Å²) in [5, 5.41) is 2.60. The summed E-state index contributed by atoms with van der Waals surface area (Å²) < 4.78 is 18.4. The predicted octanol–water partition coefficient (Wildman–Crippen LogP) is 2.79. The Bertz CT molecular complexity index is 614. The van der Waals surface area contributed by atoms with Crippen molar-refractivity contribution in [3.05, 3.63) is 53.5 Å². The maximum Gasteiger partial charge on any atom is 0.261 e. The van der Waals surface area contributed by atoms with Crippen molar-refractivity contribution in [2.75, 3.05) is 12.4 Å². The minimum absolute atomic E-state index is 0.229. The summed E-state index contributed by atoms with van der Waals surface area (Å²) in [6.45, 7) is 1.66. The van der Waals surface area contributed by atoms with Crippen LogP contribution in [0.2, 0.25) is 0 Å². The van der Waals surface area contributed by atoms with Crippen LogP contribution in [0.1, 0.15) is 15.9 Å². The Morgan fingerprint density at radius 1 is 1.37 bits per heavy atom. The molecule has 2 aromatic rings. The van der Waals surface area contributed by atoms with E-state index in [1.807, 2.05) is 0 Å². The van der Waals surface area contributed by atoms with Gasteiger partial charge in [-0.1, -0.05) is 6.07 Å². The first-order valence-electron chi connectivity index (χ1n) is 5.68. The van der Waals surface area contributed by atoms with Crippen LogP contribution in [0.3, 0.4) is 0 Å². The molecule has 0 saturated carbocycles. The number of anilines is 1. The molecule has 0 aliphatic heterocycles. The highest BCUT2D eigenvalue weighted by Crippen LogP contribution is 2.18. The van der Waals surface area contributed by atoms with Crippen molar-refractivity contribution in [3.63, 3.8) is 0 Å². The number of nitrogens with one attached hydrogen (secondary N) is 1. The second-order valence-corrected chi connectivity index (χ2v) is 3.98. The Hall–Kier alpha value is -2.43. The van der Waals surface area contributed by atoms with E-state index in [2.05, 4.69) is 10.3 Å². The number of carbonyl (C=O) groups is 1. The van der Waals surface area contributed by atoms with Gasteiger partial charge in [-0.25, -0.2) is 9.37 Å². The van der Waals surface area contributed by atoms with E-state index in [9.17, 15) is 9.18 Å². The maximum absolute atomic E-state index is 13.4. The van der Waals surface area contributed by atoms with Gasteiger partial charge in [-0.15, -0.1) is 0 Å². The molecule has 1 heterocycles. The molecule has 4 nitrogen and oxygen atoms in total. The summed E-state index contributed by atoms with van der Waals surface area (Å²) in [7, 11) is 1.44. The van der Waals surface area contributed by atoms with Crippen molar-refractivity contribution in [2.24, 2.45) is 0 Å². The number of nitrogens with zero attached hydrogens (tertiary/aromatic N) is 1. The average Bonchev–Trinajstić information content (AvgIpc) is 2.43. The minimum Gasteiger partial charge on any atom is -0.480 e. The van der Waals surface area contributed by atoms with E-state index in [0.29, 0.717) is 16.8 Å². The molecule has 0 aliphatic rings. The highest BCUT2D eigenvalue weighted by atomic mass is 19.1. The van der Waals surface area contributed by atoms with E-state index < -0.39 is 5.91 Å². The zero-order valence-electron chi connectivity index (χ0n) is 10.6. The van der Waals surface area contributed by atoms with E-state index in [0.717, 1.165) is 0 Å². The Kier molecular flexibility index (Phi) is 3.75. The summed E-state index contributed by atoms with van der Waals surface area (Å²) in [5.74, 6) is -0.531. The largest absolute Gasteiger partial charge is 0.480 e. The third-order valence-electron chi connectivity index (χ3n) is 2.64. The molecule has 5 heteroatoms. The molecule has 1 aromatic heterocycles. The van der Waals surface area contributed by atoms with Gasteiger partial charge in [-0.3, -0.25) is 4.79 Å². The van der Waals surface area contributed by atoms with Crippen molar-refractivity contribution in [1.82, 2.24) is 4.98 Å². The number of aryl methyl sites for hydroxylation is 1. The van der Waals surface area contributed by atoms with Crippen molar-refractivity contribution < 1.29 is 13.9 Å². The van der Waals surface area contributed by atoms with Crippen LogP contribution in [0.25, 0.3) is 0 Å². The molecule has 1 amide bonds. The molecule has 19 heavy (non-hydrogen) atoms. The number of methoxy groups -OCH3 is 1. The number of hydrogen-bond donors (Lipinski definition) is 1. The lowest BCUT2D eigenvalue weighted by atomic mass is 10.2. The Labute approximate surface area is 110 Å². The third-order valence-corrected chi connectivity index (χ3v) is 2.64. The summed E-state index contributed by atoms with van der Waals surface area (Å²) in [5.41, 5.74) is 1.21. The second-order valence-electron chi connectivity index (χ2n) is 3.98. The van der Waals surface area contributed by atoms with Gasteiger partial charge in [0.25, 0.3) is 5.91 Å². The van der Waals surface area contributed by atoms with Crippen molar-refractivity contribution in [3.8, 4) is 5.88 Å². The number of pyridine rings is 1. The average molecular weight is 260 g/mol. The van der Waals surface area contributed by atoms with Crippen LogP contribution in [-0.4, -0.2) is 18.0 Å². The number of rotatable bonds is 3. The fourth-order valence-electron chi connectivity index (χ4n) is 1.60. The summed E-state index contributed by atoms with van der Waals surface area (Å²) in [6.07, 6.45) is 1.53. The van der Waals surface area contributed by atoms with Gasteiger partial charge in [0.15, 0.2) is 0 Å². The van der Waals surface area contributed by atoms with E-state index >= 15 is 0 Å². The lowest BCUT2D eigenvalue weighted by Gasteiger charge is -2.08. The fraction of sp³-hybridized carbons (Fsp3) is 0.143. The molecule has 0 aliphatic carbocycles. The van der Waals surface area contributed by atoms with Crippen LogP contribution in [0.5, 0.6) is 5.88 Å². The Balaban J connectivity index is 2.23. The Morgan fingerprint density at radius 3 is 2.84 bits per heavy atom. The smallest absolute Gasteiger partial charge is 0.261 e. The molecule has 98 valence electrons. The standard InChI is InChI=1S/C14H13FN2O2/c1-9-5-6-10(8-12(9)15)17-13(18)11-4-3-7-16-14(11)19-2/h3-8H,1-2H3,(H,17,18). The van der Waals surface area contributed by atoms with Gasteiger partial charge in [0.1, 0.15) is 11.4 Å². The van der Waals surface area contributed by atoms with E-state index in [-0.39, 0.29) is 11.7 Å². The van der Waals surface area contributed by atoms with Crippen LogP contribution in [0.4, 0.5) is 10.1 Å². The molecule has 0 spiro atoms. The SMILES string of the molecule is COc1ncccc1C(=O)Nc1ccc(C)c(F)c1. The number of amides is 1. The van der Waals surface area contributed by atoms with Crippen molar-refractivity contribution in [2.45, 2.75) is 6.92 Å². The molecule has 0 bridgehead atoms. The lowest BCUT2D eigenvalue weighted by Crippen LogP contribution is -2.13. The molecule has 0 atom stereocenters. The molecular formula is C14H13FN2O2. The van der Waals surface area contributed by atoms with Gasteiger partial charge in [0.2, 0.25) is 5.88 Å².